The van der Waals surface area contributed by atoms with E-state index in [4.69, 9.17) is 23.9 Å². The normalized spacial score (nSPS) is 21.5. The lowest BCUT2D eigenvalue weighted by Crippen LogP contribution is -2.38. The number of halogens is 1. The quantitative estimate of drug-likeness (QED) is 0.393. The van der Waals surface area contributed by atoms with Gasteiger partial charge in [-0.25, -0.2) is 4.39 Å². The molecule has 2 aromatic carbocycles. The van der Waals surface area contributed by atoms with E-state index in [-0.39, 0.29) is 36.9 Å². The van der Waals surface area contributed by atoms with Crippen molar-refractivity contribution in [3.05, 3.63) is 70.7 Å². The smallest absolute Gasteiger partial charge is 0.315 e. The largest absolute Gasteiger partial charge is 0.493 e. The minimum atomic E-state index is -0.904. The first-order valence-corrected chi connectivity index (χ1v) is 11.8. The number of allylic oxidation sites excluding steroid dienone is 2. The molecule has 190 valence electrons. The molecule has 0 spiro atoms. The van der Waals surface area contributed by atoms with Gasteiger partial charge in [0.1, 0.15) is 18.3 Å². The van der Waals surface area contributed by atoms with Gasteiger partial charge in [-0.05, 0) is 48.6 Å². The molecule has 0 bridgehead atoms. The molecule has 0 radical (unpaired) electrons. The lowest BCUT2D eigenvalue weighted by molar-refractivity contribution is -0.147. The van der Waals surface area contributed by atoms with Crippen LogP contribution in [0.2, 0.25) is 0 Å². The number of carbonyl (C=O) groups excluding carboxylic acids is 2. The van der Waals surface area contributed by atoms with E-state index < -0.39 is 23.6 Å². The molecule has 1 heterocycles. The number of benzene rings is 2. The molecule has 1 aliphatic carbocycles. The Morgan fingerprint density at radius 1 is 1.03 bits per heavy atom. The summed E-state index contributed by atoms with van der Waals surface area (Å²) in [7, 11) is 4.64. The molecule has 0 saturated heterocycles. The van der Waals surface area contributed by atoms with Crippen LogP contribution in [0.15, 0.2) is 58.7 Å². The zero-order chi connectivity index (χ0) is 25.8. The highest BCUT2D eigenvalue weighted by molar-refractivity contribution is 6.09. The van der Waals surface area contributed by atoms with Crippen LogP contribution in [-0.2, 0) is 19.1 Å². The molecule has 1 aliphatic heterocycles. The van der Waals surface area contributed by atoms with Gasteiger partial charge in [0.15, 0.2) is 17.3 Å². The van der Waals surface area contributed by atoms with E-state index in [1.54, 1.807) is 39.3 Å². The van der Waals surface area contributed by atoms with Gasteiger partial charge in [-0.1, -0.05) is 24.3 Å². The first-order valence-electron chi connectivity index (χ1n) is 11.8. The molecule has 0 fully saturated rings. The Balaban J connectivity index is 1.75. The molecule has 8 heteroatoms. The summed E-state index contributed by atoms with van der Waals surface area (Å²) in [5.74, 6) is -1.87. The molecule has 0 N–H and O–H groups in total. The van der Waals surface area contributed by atoms with Crippen molar-refractivity contribution in [3.63, 3.8) is 0 Å². The first-order chi connectivity index (χ1) is 17.4. The van der Waals surface area contributed by atoms with Crippen molar-refractivity contribution in [2.24, 2.45) is 10.9 Å². The van der Waals surface area contributed by atoms with Crippen LogP contribution in [0.1, 0.15) is 42.7 Å². The van der Waals surface area contributed by atoms with Gasteiger partial charge in [0.05, 0.1) is 20.8 Å². The van der Waals surface area contributed by atoms with E-state index in [2.05, 4.69) is 0 Å². The van der Waals surface area contributed by atoms with Crippen molar-refractivity contribution in [2.75, 3.05) is 34.5 Å². The second-order valence-electron chi connectivity index (χ2n) is 8.89. The second-order valence-corrected chi connectivity index (χ2v) is 8.89. The summed E-state index contributed by atoms with van der Waals surface area (Å²) >= 11 is 0. The van der Waals surface area contributed by atoms with Gasteiger partial charge in [0.25, 0.3) is 0 Å². The Kier molecular flexibility index (Phi) is 7.84. The minimum absolute atomic E-state index is 0.0599. The molecule has 7 nitrogen and oxygen atoms in total. The Morgan fingerprint density at radius 2 is 1.78 bits per heavy atom. The fraction of sp³-hybridized carbons (Fsp3) is 0.393. The van der Waals surface area contributed by atoms with Gasteiger partial charge < -0.3 is 18.9 Å². The zero-order valence-electron chi connectivity index (χ0n) is 20.9. The number of Topliss-reactive ketones (excluding diaryl/α,β-unsaturated/α-hetero) is 1. The monoisotopic (exact) mass is 495 g/mol. The number of ketones is 1. The molecule has 0 aromatic heterocycles. The third-order valence-corrected chi connectivity index (χ3v) is 6.79. The number of hydrogen-bond acceptors (Lipinski definition) is 7. The fourth-order valence-electron chi connectivity index (χ4n) is 5.09. The lowest BCUT2D eigenvalue weighted by atomic mass is 9.69. The van der Waals surface area contributed by atoms with Gasteiger partial charge in [-0.2, -0.15) is 0 Å². The highest BCUT2D eigenvalue weighted by atomic mass is 19.1. The van der Waals surface area contributed by atoms with Crippen LogP contribution in [-0.4, -0.2) is 52.0 Å². The highest BCUT2D eigenvalue weighted by Crippen LogP contribution is 2.48. The highest BCUT2D eigenvalue weighted by Gasteiger charge is 2.45. The maximum Gasteiger partial charge on any atom is 0.315 e. The van der Waals surface area contributed by atoms with Crippen molar-refractivity contribution in [3.8, 4) is 11.5 Å². The number of esters is 1. The van der Waals surface area contributed by atoms with Crippen LogP contribution in [0, 0.1) is 11.7 Å². The van der Waals surface area contributed by atoms with Gasteiger partial charge >= 0.3 is 5.97 Å². The Labute approximate surface area is 209 Å². The van der Waals surface area contributed by atoms with Gasteiger partial charge in [-0.15, -0.1) is 0 Å². The number of carbonyl (C=O) groups is 2. The third kappa shape index (κ3) is 4.91. The van der Waals surface area contributed by atoms with E-state index in [9.17, 15) is 9.59 Å². The standard InChI is InChI=1S/C28H30FNO6/c1-16-25(28(32)36-12-11-33-2)26(19-7-5-6-8-20(19)29)27-21(30-16)13-18(14-22(27)31)17-9-10-23(34-3)24(15-17)35-4/h5-10,15,18,25-26H,11-14H2,1-4H3/t18-,25?,26+/m1/s1. The van der Waals surface area contributed by atoms with Crippen molar-refractivity contribution in [2.45, 2.75) is 31.6 Å². The predicted molar refractivity (Wildman–Crippen MR) is 132 cm³/mol. The molecule has 2 aromatic rings. The van der Waals surface area contributed by atoms with Crippen molar-refractivity contribution in [1.29, 1.82) is 0 Å². The maximum absolute atomic E-state index is 15.1. The van der Waals surface area contributed by atoms with Crippen molar-refractivity contribution >= 4 is 17.5 Å². The molecule has 0 saturated carbocycles. The van der Waals surface area contributed by atoms with Gasteiger partial charge in [-0.3, -0.25) is 14.6 Å². The summed E-state index contributed by atoms with van der Waals surface area (Å²) in [6.07, 6.45) is 0.684. The number of nitrogens with zero attached hydrogens (tertiary/aromatic N) is 1. The summed E-state index contributed by atoms with van der Waals surface area (Å²) in [6, 6.07) is 11.8. The summed E-state index contributed by atoms with van der Waals surface area (Å²) in [6.45, 7) is 2.02. The van der Waals surface area contributed by atoms with Crippen molar-refractivity contribution in [1.82, 2.24) is 0 Å². The van der Waals surface area contributed by atoms with E-state index >= 15 is 4.39 Å². The van der Waals surface area contributed by atoms with Crippen molar-refractivity contribution < 1.29 is 32.9 Å². The van der Waals surface area contributed by atoms with Crippen LogP contribution in [0.3, 0.4) is 0 Å². The number of ether oxygens (including phenoxy) is 4. The minimum Gasteiger partial charge on any atom is -0.493 e. The summed E-state index contributed by atoms with van der Waals surface area (Å²) in [5, 5.41) is 0. The molecule has 4 rings (SSSR count). The zero-order valence-corrected chi connectivity index (χ0v) is 20.9. The van der Waals surface area contributed by atoms with Gasteiger partial charge in [0, 0.05) is 36.4 Å². The summed E-state index contributed by atoms with van der Waals surface area (Å²) < 4.78 is 36.2. The molecule has 0 amide bonds. The summed E-state index contributed by atoms with van der Waals surface area (Å²) in [5.41, 5.74) is 2.66. The average Bonchev–Trinajstić information content (AvgIpc) is 2.87. The van der Waals surface area contributed by atoms with E-state index in [0.717, 1.165) is 5.56 Å². The van der Waals surface area contributed by atoms with E-state index in [1.807, 2.05) is 18.2 Å². The Bertz CT molecular complexity index is 1220. The molecule has 36 heavy (non-hydrogen) atoms. The van der Waals surface area contributed by atoms with Gasteiger partial charge in [0.2, 0.25) is 0 Å². The van der Waals surface area contributed by atoms with Crippen LogP contribution < -0.4 is 9.47 Å². The lowest BCUT2D eigenvalue weighted by Gasteiger charge is -2.36. The van der Waals surface area contributed by atoms with Crippen LogP contribution >= 0.6 is 0 Å². The van der Waals surface area contributed by atoms with Crippen LogP contribution in [0.25, 0.3) is 0 Å². The summed E-state index contributed by atoms with van der Waals surface area (Å²) in [4.78, 5) is 31.5. The van der Waals surface area contributed by atoms with Crippen LogP contribution in [0.4, 0.5) is 4.39 Å². The number of methoxy groups -OCH3 is 3. The Morgan fingerprint density at radius 3 is 2.47 bits per heavy atom. The predicted octanol–water partition coefficient (Wildman–Crippen LogP) is 4.61. The topological polar surface area (TPSA) is 83.4 Å². The number of aliphatic imine (C=N–C) groups is 1. The number of hydrogen-bond donors (Lipinski definition) is 0. The average molecular weight is 496 g/mol. The van der Waals surface area contributed by atoms with E-state index in [0.29, 0.717) is 34.9 Å². The molecule has 1 unspecified atom stereocenters. The van der Waals surface area contributed by atoms with Crippen LogP contribution in [0.5, 0.6) is 11.5 Å². The molecular weight excluding hydrogens is 465 g/mol. The fourth-order valence-corrected chi connectivity index (χ4v) is 5.09. The number of rotatable bonds is 8. The van der Waals surface area contributed by atoms with E-state index in [1.165, 1.54) is 13.2 Å². The third-order valence-electron chi connectivity index (χ3n) is 6.79. The molecular formula is C28H30FNO6. The maximum atomic E-state index is 15.1. The second kappa shape index (κ2) is 11.0. The molecule has 3 atom stereocenters. The Hall–Kier alpha value is -3.52. The molecule has 2 aliphatic rings. The SMILES string of the molecule is COCCOC(=O)C1C(C)=NC2=C(C(=O)C[C@H](c3ccc(OC)c(OC)c3)C2)[C@H]1c1ccccc1F. The first kappa shape index (κ1) is 25.6.